The van der Waals surface area contributed by atoms with Gasteiger partial charge in [0.1, 0.15) is 17.3 Å². The lowest BCUT2D eigenvalue weighted by Crippen LogP contribution is -2.31. The van der Waals surface area contributed by atoms with Crippen molar-refractivity contribution in [3.63, 3.8) is 0 Å². The second-order valence-corrected chi connectivity index (χ2v) is 9.23. The number of carbonyl (C=O) groups excluding carboxylic acids is 1. The van der Waals surface area contributed by atoms with E-state index in [9.17, 15) is 9.18 Å². The molecule has 0 aliphatic rings. The van der Waals surface area contributed by atoms with Gasteiger partial charge in [-0.3, -0.25) is 9.78 Å². The van der Waals surface area contributed by atoms with Gasteiger partial charge in [-0.25, -0.2) is 9.37 Å². The lowest BCUT2D eigenvalue weighted by Gasteiger charge is -2.22. The van der Waals surface area contributed by atoms with Crippen LogP contribution < -0.4 is 9.64 Å². The van der Waals surface area contributed by atoms with E-state index in [0.717, 1.165) is 32.1 Å². The van der Waals surface area contributed by atoms with Crippen molar-refractivity contribution in [2.24, 2.45) is 0 Å². The minimum absolute atomic E-state index is 0.232. The standard InChI is InChI=1S/C28H22FN3O2S/c1-18-15-19(7-13-26(18)34-2)27-14-12-22(35-27)17-32(21-10-8-20(29)9-11-21)28(33)25-16-30-23-5-3-4-6-24(23)31-25/h3-16H,17H2,1-2H3. The maximum Gasteiger partial charge on any atom is 0.278 e. The van der Waals surface area contributed by atoms with Crippen molar-refractivity contribution in [3.05, 3.63) is 107 Å². The summed E-state index contributed by atoms with van der Waals surface area (Å²) in [6.07, 6.45) is 1.49. The van der Waals surface area contributed by atoms with E-state index in [1.54, 1.807) is 35.5 Å². The monoisotopic (exact) mass is 483 g/mol. The molecule has 3 aromatic carbocycles. The minimum atomic E-state index is -0.361. The Balaban J connectivity index is 1.48. The van der Waals surface area contributed by atoms with E-state index in [4.69, 9.17) is 4.74 Å². The summed E-state index contributed by atoms with van der Waals surface area (Å²) in [6, 6.07) is 23.4. The predicted octanol–water partition coefficient (Wildman–Crippen LogP) is 6.66. The molecule has 0 saturated carbocycles. The van der Waals surface area contributed by atoms with Gasteiger partial charge >= 0.3 is 0 Å². The number of nitrogens with zero attached hydrogens (tertiary/aromatic N) is 3. The molecule has 5 aromatic rings. The molecule has 7 heteroatoms. The van der Waals surface area contributed by atoms with Crippen LogP contribution in [-0.4, -0.2) is 23.0 Å². The van der Waals surface area contributed by atoms with Crippen LogP contribution in [0, 0.1) is 12.7 Å². The molecule has 0 spiro atoms. The summed E-state index contributed by atoms with van der Waals surface area (Å²) in [7, 11) is 1.66. The molecule has 5 rings (SSSR count). The zero-order valence-electron chi connectivity index (χ0n) is 19.2. The number of benzene rings is 3. The van der Waals surface area contributed by atoms with Crippen molar-refractivity contribution in [1.29, 1.82) is 0 Å². The molecule has 0 saturated heterocycles. The molecule has 0 N–H and O–H groups in total. The molecule has 0 radical (unpaired) electrons. The Morgan fingerprint density at radius 3 is 2.51 bits per heavy atom. The number of aryl methyl sites for hydroxylation is 1. The number of amides is 1. The first-order valence-corrected chi connectivity index (χ1v) is 11.9. The van der Waals surface area contributed by atoms with Gasteiger partial charge < -0.3 is 9.64 Å². The zero-order chi connectivity index (χ0) is 24.4. The van der Waals surface area contributed by atoms with E-state index >= 15 is 0 Å². The van der Waals surface area contributed by atoms with E-state index < -0.39 is 0 Å². The molecule has 5 nitrogen and oxygen atoms in total. The fourth-order valence-corrected chi connectivity index (χ4v) is 4.90. The number of fused-ring (bicyclic) bond motifs is 1. The molecule has 0 unspecified atom stereocenters. The molecule has 0 aliphatic heterocycles. The second-order valence-electron chi connectivity index (χ2n) is 8.06. The summed E-state index contributed by atoms with van der Waals surface area (Å²) < 4.78 is 19.0. The van der Waals surface area contributed by atoms with Crippen LogP contribution in [0.15, 0.2) is 85.1 Å². The number of hydrogen-bond acceptors (Lipinski definition) is 5. The highest BCUT2D eigenvalue weighted by atomic mass is 32.1. The summed E-state index contributed by atoms with van der Waals surface area (Å²) in [5, 5.41) is 0. The normalized spacial score (nSPS) is 10.9. The van der Waals surface area contributed by atoms with Gasteiger partial charge in [-0.15, -0.1) is 11.3 Å². The first-order chi connectivity index (χ1) is 17.0. The number of hydrogen-bond donors (Lipinski definition) is 0. The molecular formula is C28H22FN3O2S. The molecule has 0 bridgehead atoms. The van der Waals surface area contributed by atoms with Crippen molar-refractivity contribution in [3.8, 4) is 16.2 Å². The maximum atomic E-state index is 13.6. The van der Waals surface area contributed by atoms with Crippen LogP contribution in [0.4, 0.5) is 10.1 Å². The van der Waals surface area contributed by atoms with Crippen LogP contribution in [0.3, 0.4) is 0 Å². The third kappa shape index (κ3) is 4.76. The second kappa shape index (κ2) is 9.64. The molecule has 2 aromatic heterocycles. The van der Waals surface area contributed by atoms with Crippen molar-refractivity contribution >= 4 is 34.0 Å². The largest absolute Gasteiger partial charge is 0.496 e. The first-order valence-electron chi connectivity index (χ1n) is 11.0. The molecule has 35 heavy (non-hydrogen) atoms. The van der Waals surface area contributed by atoms with Crippen LogP contribution in [0.25, 0.3) is 21.5 Å². The van der Waals surface area contributed by atoms with E-state index in [1.165, 1.54) is 18.3 Å². The topological polar surface area (TPSA) is 55.3 Å². The number of ether oxygens (including phenoxy) is 1. The summed E-state index contributed by atoms with van der Waals surface area (Å²) in [6.45, 7) is 2.33. The van der Waals surface area contributed by atoms with Crippen molar-refractivity contribution < 1.29 is 13.9 Å². The predicted molar refractivity (Wildman–Crippen MR) is 137 cm³/mol. The fourth-order valence-electron chi connectivity index (χ4n) is 3.91. The van der Waals surface area contributed by atoms with E-state index in [-0.39, 0.29) is 17.4 Å². The number of thiophene rings is 1. The first kappa shape index (κ1) is 22.7. The third-order valence-electron chi connectivity index (χ3n) is 5.71. The number of rotatable bonds is 6. The van der Waals surface area contributed by atoms with Crippen molar-refractivity contribution in [2.45, 2.75) is 13.5 Å². The van der Waals surface area contributed by atoms with Gasteiger partial charge in [0.2, 0.25) is 0 Å². The van der Waals surface area contributed by atoms with Gasteiger partial charge in [0.05, 0.1) is 30.9 Å². The summed E-state index contributed by atoms with van der Waals surface area (Å²) in [5.41, 5.74) is 4.32. The zero-order valence-corrected chi connectivity index (χ0v) is 20.1. The Morgan fingerprint density at radius 2 is 1.77 bits per heavy atom. The Kier molecular flexibility index (Phi) is 6.25. The molecule has 0 fully saturated rings. The van der Waals surface area contributed by atoms with E-state index in [2.05, 4.69) is 16.0 Å². The maximum absolute atomic E-state index is 13.6. The van der Waals surface area contributed by atoms with Crippen LogP contribution in [0.5, 0.6) is 5.75 Å². The van der Waals surface area contributed by atoms with Gasteiger partial charge in [-0.05, 0) is 84.8 Å². The molecule has 0 atom stereocenters. The van der Waals surface area contributed by atoms with E-state index in [0.29, 0.717) is 17.7 Å². The Hall–Kier alpha value is -4.10. The number of aromatic nitrogens is 2. The third-order valence-corrected chi connectivity index (χ3v) is 6.83. The van der Waals surface area contributed by atoms with E-state index in [1.807, 2.05) is 55.5 Å². The molecular weight excluding hydrogens is 461 g/mol. The van der Waals surface area contributed by atoms with Gasteiger partial charge in [0.25, 0.3) is 5.91 Å². The van der Waals surface area contributed by atoms with Crippen LogP contribution in [-0.2, 0) is 6.54 Å². The number of methoxy groups -OCH3 is 1. The average Bonchev–Trinajstić information content (AvgIpc) is 3.36. The number of anilines is 1. The Labute approximate surface area is 206 Å². The van der Waals surface area contributed by atoms with Gasteiger partial charge in [0.15, 0.2) is 0 Å². The fraction of sp³-hybridized carbons (Fsp3) is 0.107. The van der Waals surface area contributed by atoms with Crippen molar-refractivity contribution in [1.82, 2.24) is 9.97 Å². The smallest absolute Gasteiger partial charge is 0.278 e. The summed E-state index contributed by atoms with van der Waals surface area (Å²) in [4.78, 5) is 26.2. The molecule has 1 amide bonds. The lowest BCUT2D eigenvalue weighted by atomic mass is 10.1. The summed E-state index contributed by atoms with van der Waals surface area (Å²) >= 11 is 1.60. The summed E-state index contributed by atoms with van der Waals surface area (Å²) in [5.74, 6) is 0.181. The van der Waals surface area contributed by atoms with Gasteiger partial charge in [-0.1, -0.05) is 12.1 Å². The number of para-hydroxylation sites is 2. The lowest BCUT2D eigenvalue weighted by molar-refractivity contribution is 0.0980. The van der Waals surface area contributed by atoms with Crippen LogP contribution in [0.2, 0.25) is 0 Å². The minimum Gasteiger partial charge on any atom is -0.496 e. The van der Waals surface area contributed by atoms with Crippen LogP contribution in [0.1, 0.15) is 20.9 Å². The highest BCUT2D eigenvalue weighted by Crippen LogP contribution is 2.33. The highest BCUT2D eigenvalue weighted by molar-refractivity contribution is 7.15. The van der Waals surface area contributed by atoms with Crippen molar-refractivity contribution in [2.75, 3.05) is 12.0 Å². The SMILES string of the molecule is COc1ccc(-c2ccc(CN(C(=O)c3cnc4ccccc4n3)c3ccc(F)cc3)s2)cc1C. The molecule has 2 heterocycles. The Bertz CT molecular complexity index is 1510. The average molecular weight is 484 g/mol. The van der Waals surface area contributed by atoms with Gasteiger partial charge in [-0.2, -0.15) is 0 Å². The quantitative estimate of drug-likeness (QED) is 0.271. The van der Waals surface area contributed by atoms with Gasteiger partial charge in [0, 0.05) is 15.4 Å². The Morgan fingerprint density at radius 1 is 1.00 bits per heavy atom. The van der Waals surface area contributed by atoms with Crippen LogP contribution >= 0.6 is 11.3 Å². The molecule has 0 aliphatic carbocycles. The number of halogens is 1. The number of carbonyl (C=O) groups is 1. The molecule has 174 valence electrons. The highest BCUT2D eigenvalue weighted by Gasteiger charge is 2.21.